The Morgan fingerprint density at radius 3 is 1.76 bits per heavy atom. The molecule has 1 atom stereocenters. The van der Waals surface area contributed by atoms with Gasteiger partial charge in [0.15, 0.2) is 0 Å². The van der Waals surface area contributed by atoms with Crippen LogP contribution in [-0.4, -0.2) is 155 Å². The van der Waals surface area contributed by atoms with Gasteiger partial charge in [-0.25, -0.2) is 4.98 Å². The van der Waals surface area contributed by atoms with Crippen molar-refractivity contribution >= 4 is 51.3 Å². The first kappa shape index (κ1) is 34.3. The molecule has 0 amide bonds. The lowest BCUT2D eigenvalue weighted by atomic mass is 9.97. The average molecular weight is 646 g/mol. The Morgan fingerprint density at radius 1 is 0.756 bits per heavy atom. The van der Waals surface area contributed by atoms with Gasteiger partial charge in [0.1, 0.15) is 5.75 Å². The van der Waals surface area contributed by atoms with Gasteiger partial charge in [-0.05, 0) is 35.9 Å². The third-order valence-corrected chi connectivity index (χ3v) is 8.20. The van der Waals surface area contributed by atoms with Gasteiger partial charge < -0.3 is 25.2 Å². The largest absolute Gasteiger partial charge is 0.497 e. The van der Waals surface area contributed by atoms with Crippen molar-refractivity contribution < 1.29 is 39.5 Å². The first-order valence-electron chi connectivity index (χ1n) is 14.8. The SMILES string of the molecule is COc1ccc2nc3cc(Cl)ccc3c(CC(O)CN3CCN(CC(=O)O)CCN(CC(=O)O)CCN(CC(=O)O)CC3)c2c1. The first-order chi connectivity index (χ1) is 21.5. The molecule has 2 heterocycles. The number of hydrogen-bond acceptors (Lipinski definition) is 10. The van der Waals surface area contributed by atoms with Crippen molar-refractivity contribution in [2.75, 3.05) is 85.6 Å². The number of carbonyl (C=O) groups is 3. The molecule has 0 radical (unpaired) electrons. The predicted octanol–water partition coefficient (Wildman–Crippen LogP) is 1.43. The number of aliphatic carboxylic acids is 3. The topological polar surface area (TPSA) is 167 Å². The van der Waals surface area contributed by atoms with Crippen molar-refractivity contribution in [3.8, 4) is 5.75 Å². The number of aliphatic hydroxyl groups excluding tert-OH is 1. The van der Waals surface area contributed by atoms with Crippen LogP contribution in [0.25, 0.3) is 21.8 Å². The van der Waals surface area contributed by atoms with Gasteiger partial charge in [0.2, 0.25) is 0 Å². The molecule has 1 unspecified atom stereocenters. The Labute approximate surface area is 266 Å². The third-order valence-electron chi connectivity index (χ3n) is 7.97. The molecule has 1 aliphatic rings. The molecule has 244 valence electrons. The van der Waals surface area contributed by atoms with Gasteiger partial charge in [-0.1, -0.05) is 17.7 Å². The van der Waals surface area contributed by atoms with E-state index in [0.717, 1.165) is 21.9 Å². The second-order valence-electron chi connectivity index (χ2n) is 11.3. The van der Waals surface area contributed by atoms with Crippen LogP contribution in [0.1, 0.15) is 5.56 Å². The number of hydrogen-bond donors (Lipinski definition) is 4. The van der Waals surface area contributed by atoms with Crippen molar-refractivity contribution in [3.63, 3.8) is 0 Å². The standard InChI is InChI=1S/C31H40ClN5O8/c1-45-23-3-5-27-26(16-23)25(24-4-2-21(32)14-28(24)33-27)15-22(38)17-34-6-8-35(18-29(39)40)10-12-37(20-31(43)44)13-11-36(9-7-34)19-30(41)42/h2-5,14,16,22,38H,6-13,15,17-20H2,1H3,(H,39,40)(H,41,42)(H,43,44). The van der Waals surface area contributed by atoms with Crippen molar-refractivity contribution in [3.05, 3.63) is 47.0 Å². The molecule has 0 aliphatic carbocycles. The molecule has 14 heteroatoms. The van der Waals surface area contributed by atoms with Crippen LogP contribution in [-0.2, 0) is 20.8 Å². The molecule has 1 aromatic heterocycles. The van der Waals surface area contributed by atoms with Gasteiger partial charge in [-0.15, -0.1) is 0 Å². The molecule has 2 aromatic carbocycles. The van der Waals surface area contributed by atoms with Crippen LogP contribution in [0.2, 0.25) is 5.02 Å². The van der Waals surface area contributed by atoms with Gasteiger partial charge in [0.05, 0.1) is 43.9 Å². The monoisotopic (exact) mass is 645 g/mol. The van der Waals surface area contributed by atoms with E-state index < -0.39 is 24.0 Å². The van der Waals surface area contributed by atoms with Crippen LogP contribution in [0, 0.1) is 0 Å². The maximum Gasteiger partial charge on any atom is 0.317 e. The minimum atomic E-state index is -1.01. The van der Waals surface area contributed by atoms with E-state index in [9.17, 15) is 34.8 Å². The van der Waals surface area contributed by atoms with Gasteiger partial charge in [-0.3, -0.25) is 34.0 Å². The number of carboxylic acids is 3. The van der Waals surface area contributed by atoms with Crippen molar-refractivity contribution in [2.24, 2.45) is 0 Å². The molecule has 1 aliphatic heterocycles. The summed E-state index contributed by atoms with van der Waals surface area (Å²) in [6, 6.07) is 11.1. The number of carboxylic acid groups (broad SMARTS) is 3. The molecule has 1 saturated heterocycles. The summed E-state index contributed by atoms with van der Waals surface area (Å²) in [5.74, 6) is -2.32. The number of fused-ring (bicyclic) bond motifs is 2. The van der Waals surface area contributed by atoms with E-state index in [1.807, 2.05) is 29.2 Å². The number of nitrogens with zero attached hydrogens (tertiary/aromatic N) is 5. The van der Waals surface area contributed by atoms with Crippen molar-refractivity contribution in [1.82, 2.24) is 24.6 Å². The lowest BCUT2D eigenvalue weighted by Gasteiger charge is -2.33. The Kier molecular flexibility index (Phi) is 12.3. The molecular weight excluding hydrogens is 606 g/mol. The summed E-state index contributed by atoms with van der Waals surface area (Å²) in [5, 5.41) is 42.1. The second kappa shape index (κ2) is 16.1. The highest BCUT2D eigenvalue weighted by molar-refractivity contribution is 6.31. The highest BCUT2D eigenvalue weighted by Crippen LogP contribution is 2.31. The summed E-state index contributed by atoms with van der Waals surface area (Å²) in [5.41, 5.74) is 2.34. The Hall–Kier alpha value is -3.59. The molecule has 4 rings (SSSR count). The lowest BCUT2D eigenvalue weighted by molar-refractivity contribution is -0.140. The normalized spacial score (nSPS) is 17.5. The van der Waals surface area contributed by atoms with Gasteiger partial charge >= 0.3 is 17.9 Å². The van der Waals surface area contributed by atoms with Crippen molar-refractivity contribution in [1.29, 1.82) is 0 Å². The molecule has 3 aromatic rings. The molecule has 13 nitrogen and oxygen atoms in total. The fourth-order valence-electron chi connectivity index (χ4n) is 5.74. The number of β-amino-alcohol motifs (C(OH)–C–C–N with tert-alkyl or cyclic N) is 1. The molecule has 0 saturated carbocycles. The minimum Gasteiger partial charge on any atom is -0.497 e. The first-order valence-corrected chi connectivity index (χ1v) is 15.2. The summed E-state index contributed by atoms with van der Waals surface area (Å²) in [7, 11) is 1.59. The maximum absolute atomic E-state index is 11.6. The zero-order valence-corrected chi connectivity index (χ0v) is 26.0. The fourth-order valence-corrected chi connectivity index (χ4v) is 5.90. The zero-order chi connectivity index (χ0) is 32.5. The number of benzene rings is 2. The summed E-state index contributed by atoms with van der Waals surface area (Å²) < 4.78 is 5.46. The summed E-state index contributed by atoms with van der Waals surface area (Å²) in [4.78, 5) is 46.6. The second-order valence-corrected chi connectivity index (χ2v) is 11.7. The minimum absolute atomic E-state index is 0.207. The van der Waals surface area contributed by atoms with E-state index in [1.165, 1.54) is 0 Å². The van der Waals surface area contributed by atoms with Gasteiger partial charge in [0.25, 0.3) is 0 Å². The van der Waals surface area contributed by atoms with Crippen LogP contribution in [0.3, 0.4) is 0 Å². The molecule has 1 fully saturated rings. The number of aliphatic hydroxyl groups is 1. The van der Waals surface area contributed by atoms with E-state index in [4.69, 9.17) is 21.3 Å². The Balaban J connectivity index is 1.58. The molecular formula is C31H40ClN5O8. The Bertz CT molecular complexity index is 1480. The van der Waals surface area contributed by atoms with E-state index >= 15 is 0 Å². The number of aromatic nitrogens is 1. The zero-order valence-electron chi connectivity index (χ0n) is 25.3. The smallest absolute Gasteiger partial charge is 0.317 e. The molecule has 0 spiro atoms. The van der Waals surface area contributed by atoms with E-state index in [0.29, 0.717) is 75.1 Å². The third kappa shape index (κ3) is 10.2. The van der Waals surface area contributed by atoms with E-state index in [2.05, 4.69) is 0 Å². The van der Waals surface area contributed by atoms with Crippen LogP contribution >= 0.6 is 11.6 Å². The van der Waals surface area contributed by atoms with Crippen molar-refractivity contribution in [2.45, 2.75) is 12.5 Å². The van der Waals surface area contributed by atoms with Crippen LogP contribution in [0.15, 0.2) is 36.4 Å². The summed E-state index contributed by atoms with van der Waals surface area (Å²) in [6.07, 6.45) is -0.525. The fraction of sp³-hybridized carbons (Fsp3) is 0.484. The lowest BCUT2D eigenvalue weighted by Crippen LogP contribution is -2.49. The average Bonchev–Trinajstić information content (AvgIpc) is 2.97. The van der Waals surface area contributed by atoms with Gasteiger partial charge in [0, 0.05) is 81.1 Å². The van der Waals surface area contributed by atoms with E-state index in [1.54, 1.807) is 33.9 Å². The number of pyridine rings is 1. The molecule has 0 bridgehead atoms. The highest BCUT2D eigenvalue weighted by atomic mass is 35.5. The van der Waals surface area contributed by atoms with Gasteiger partial charge in [-0.2, -0.15) is 0 Å². The molecule has 4 N–H and O–H groups in total. The number of halogens is 1. The van der Waals surface area contributed by atoms with Crippen LogP contribution < -0.4 is 4.74 Å². The molecule has 45 heavy (non-hydrogen) atoms. The number of rotatable bonds is 11. The highest BCUT2D eigenvalue weighted by Gasteiger charge is 2.22. The quantitative estimate of drug-likeness (QED) is 0.221. The summed E-state index contributed by atoms with van der Waals surface area (Å²) in [6.45, 7) is 2.50. The maximum atomic E-state index is 11.6. The van der Waals surface area contributed by atoms with Crippen LogP contribution in [0.4, 0.5) is 0 Å². The Morgan fingerprint density at radius 2 is 1.27 bits per heavy atom. The predicted molar refractivity (Wildman–Crippen MR) is 169 cm³/mol. The van der Waals surface area contributed by atoms with E-state index in [-0.39, 0.29) is 26.2 Å². The van der Waals surface area contributed by atoms with Crippen LogP contribution in [0.5, 0.6) is 5.75 Å². The number of methoxy groups -OCH3 is 1. The summed E-state index contributed by atoms with van der Waals surface area (Å²) >= 11 is 6.27. The number of ether oxygens (including phenoxy) is 1.